The van der Waals surface area contributed by atoms with E-state index in [1.807, 2.05) is 0 Å². The van der Waals surface area contributed by atoms with E-state index in [0.29, 0.717) is 11.0 Å². The van der Waals surface area contributed by atoms with Gasteiger partial charge in [0.05, 0.1) is 0 Å². The summed E-state index contributed by atoms with van der Waals surface area (Å²) in [6.07, 6.45) is 0. The molecule has 26 heavy (non-hydrogen) atoms. The van der Waals surface area contributed by atoms with Gasteiger partial charge in [-0.3, -0.25) is 0 Å². The van der Waals surface area contributed by atoms with Gasteiger partial charge in [-0.1, -0.05) is 0 Å². The van der Waals surface area contributed by atoms with Gasteiger partial charge < -0.3 is 0 Å². The number of aromatic nitrogens is 2. The normalized spacial score (nSPS) is 12.4. The number of hydrogen-bond acceptors (Lipinski definition) is 9. The van der Waals surface area contributed by atoms with Crippen molar-refractivity contribution in [3.8, 4) is 6.07 Å². The van der Waals surface area contributed by atoms with E-state index < -0.39 is 28.7 Å². The molecule has 1 aromatic carbocycles. The van der Waals surface area contributed by atoms with Crippen LogP contribution in [0.4, 0.5) is 10.1 Å². The van der Waals surface area contributed by atoms with E-state index in [1.54, 1.807) is 6.07 Å². The van der Waals surface area contributed by atoms with Gasteiger partial charge in [0.1, 0.15) is 0 Å². The minimum absolute atomic E-state index is 0.0796. The van der Waals surface area contributed by atoms with Gasteiger partial charge in [-0.15, -0.1) is 0 Å². The first kappa shape index (κ1) is 20.2. The van der Waals surface area contributed by atoms with Crippen LogP contribution in [0.15, 0.2) is 33.0 Å². The zero-order valence-corrected chi connectivity index (χ0v) is 16.6. The standard InChI is InChI=1S/C12H12AsFN6O4S2/c14-9-2-1-8(5-7(9)6-15)17-11(18-21)10-12(20-24-19-10)25-4-3-13-26(16,22)23/h1-2,5,13,21H,3-4H2,(H,17,18)(H2,16,22,23). The van der Waals surface area contributed by atoms with Gasteiger partial charge in [0.15, 0.2) is 0 Å². The molecule has 0 aliphatic heterocycles. The second-order valence-electron chi connectivity index (χ2n) is 4.59. The molecule has 1 unspecified atom stereocenters. The van der Waals surface area contributed by atoms with Crippen molar-refractivity contribution in [2.45, 2.75) is 10.2 Å². The zero-order valence-electron chi connectivity index (χ0n) is 12.9. The number of rotatable bonds is 7. The Balaban J connectivity index is 2.09. The van der Waals surface area contributed by atoms with Gasteiger partial charge >= 0.3 is 157 Å². The molecule has 0 saturated carbocycles. The molecular formula is C12H12AsFN6O4S2. The first-order chi connectivity index (χ1) is 12.3. The Bertz CT molecular complexity index is 959. The Hall–Kier alpha value is -2.13. The third-order valence-electron chi connectivity index (χ3n) is 2.78. The molecule has 1 heterocycles. The third kappa shape index (κ3) is 5.70. The van der Waals surface area contributed by atoms with Crippen LogP contribution in [-0.4, -0.2) is 50.1 Å². The van der Waals surface area contributed by atoms with Crippen LogP contribution in [-0.2, 0) is 8.29 Å². The summed E-state index contributed by atoms with van der Waals surface area (Å²) < 4.78 is 39.9. The number of benzene rings is 1. The summed E-state index contributed by atoms with van der Waals surface area (Å²) in [7, 11) is -3.43. The van der Waals surface area contributed by atoms with Crippen LogP contribution < -0.4 is 10.5 Å². The van der Waals surface area contributed by atoms with Crippen molar-refractivity contribution in [3.63, 3.8) is 0 Å². The molecule has 0 amide bonds. The molecule has 0 radical (unpaired) electrons. The van der Waals surface area contributed by atoms with Crippen LogP contribution in [0.25, 0.3) is 0 Å². The minimum atomic E-state index is -3.43. The van der Waals surface area contributed by atoms with E-state index in [9.17, 15) is 18.0 Å². The summed E-state index contributed by atoms with van der Waals surface area (Å²) in [6, 6.07) is 5.36. The van der Waals surface area contributed by atoms with Crippen molar-refractivity contribution in [3.05, 3.63) is 35.3 Å². The van der Waals surface area contributed by atoms with Crippen molar-refractivity contribution >= 4 is 46.2 Å². The maximum atomic E-state index is 13.4. The van der Waals surface area contributed by atoms with Crippen LogP contribution >= 0.6 is 11.8 Å². The van der Waals surface area contributed by atoms with Gasteiger partial charge in [-0.25, -0.2) is 0 Å². The average Bonchev–Trinajstić information content (AvgIpc) is 3.05. The molecule has 0 spiro atoms. The topological polar surface area (TPSA) is 167 Å². The monoisotopic (exact) mass is 462 g/mol. The molecule has 2 rings (SSSR count). The first-order valence-electron chi connectivity index (χ1n) is 6.76. The molecule has 1 aromatic heterocycles. The number of nitriles is 1. The van der Waals surface area contributed by atoms with Crippen LogP contribution in [0.1, 0.15) is 11.3 Å². The van der Waals surface area contributed by atoms with Crippen LogP contribution in [0.3, 0.4) is 0 Å². The predicted octanol–water partition coefficient (Wildman–Crippen LogP) is 0.479. The molecule has 4 N–H and O–H groups in total. The van der Waals surface area contributed by atoms with E-state index >= 15 is 0 Å². The Morgan fingerprint density at radius 3 is 2.96 bits per heavy atom. The number of nitrogens with one attached hydrogen (secondary N) is 1. The molecule has 0 fully saturated rings. The second kappa shape index (κ2) is 9.00. The summed E-state index contributed by atoms with van der Waals surface area (Å²) in [4.78, 5) is 0. The number of hydrogen-bond donors (Lipinski definition) is 3. The Kier molecular flexibility index (Phi) is 6.98. The summed E-state index contributed by atoms with van der Waals surface area (Å²) in [6.45, 7) is 0. The van der Waals surface area contributed by atoms with Crippen molar-refractivity contribution in [1.82, 2.24) is 10.3 Å². The summed E-state index contributed by atoms with van der Waals surface area (Å²) in [5.74, 6) is -0.406. The van der Waals surface area contributed by atoms with Gasteiger partial charge in [-0.05, 0) is 0 Å². The number of oxime groups is 1. The molecule has 1 atom stereocenters. The number of amidine groups is 1. The number of thioether (sulfide) groups is 1. The Morgan fingerprint density at radius 2 is 2.31 bits per heavy atom. The van der Waals surface area contributed by atoms with Crippen molar-refractivity contribution in [2.24, 2.45) is 10.3 Å². The fourth-order valence-electron chi connectivity index (χ4n) is 1.71. The Labute approximate surface area is 157 Å². The van der Waals surface area contributed by atoms with Gasteiger partial charge in [0.25, 0.3) is 0 Å². The second-order valence-corrected chi connectivity index (χ2v) is 13.5. The molecular weight excluding hydrogens is 450 g/mol. The first-order valence-corrected chi connectivity index (χ1v) is 13.3. The summed E-state index contributed by atoms with van der Waals surface area (Å²) >= 11 is -0.171. The third-order valence-corrected chi connectivity index (χ3v) is 9.43. The van der Waals surface area contributed by atoms with Crippen molar-refractivity contribution in [1.29, 1.82) is 5.26 Å². The van der Waals surface area contributed by atoms with Crippen molar-refractivity contribution in [2.75, 3.05) is 11.1 Å². The van der Waals surface area contributed by atoms with Gasteiger partial charge in [0, 0.05) is 0 Å². The van der Waals surface area contributed by atoms with Crippen LogP contribution in [0, 0.1) is 17.1 Å². The quantitative estimate of drug-likeness (QED) is 0.101. The number of nitrogens with two attached hydrogens (primary N) is 1. The van der Waals surface area contributed by atoms with E-state index in [2.05, 4.69) is 25.4 Å². The molecule has 10 nitrogen and oxygen atoms in total. The summed E-state index contributed by atoms with van der Waals surface area (Å²) in [5.41, 5.74) is 0.180. The molecule has 14 heteroatoms. The molecule has 0 saturated heterocycles. The predicted molar refractivity (Wildman–Crippen MR) is 93.1 cm³/mol. The van der Waals surface area contributed by atoms with Crippen molar-refractivity contribution < 1.29 is 22.6 Å². The molecule has 0 bridgehead atoms. The summed E-state index contributed by atoms with van der Waals surface area (Å²) in [5, 5.41) is 36.8. The number of anilines is 1. The molecule has 2 aromatic rings. The Morgan fingerprint density at radius 1 is 1.54 bits per heavy atom. The molecule has 0 aliphatic carbocycles. The fraction of sp³-hybridized carbons (Fsp3) is 0.167. The van der Waals surface area contributed by atoms with E-state index in [0.717, 1.165) is 17.8 Å². The maximum absolute atomic E-state index is 13.4. The van der Waals surface area contributed by atoms with Crippen LogP contribution in [0.5, 0.6) is 0 Å². The van der Waals surface area contributed by atoms with E-state index in [-0.39, 0.29) is 27.8 Å². The van der Waals surface area contributed by atoms with E-state index in [4.69, 9.17) is 10.4 Å². The average molecular weight is 462 g/mol. The molecule has 138 valence electrons. The van der Waals surface area contributed by atoms with E-state index in [1.165, 1.54) is 12.1 Å². The number of nitrogens with zero attached hydrogens (tertiary/aromatic N) is 4. The van der Waals surface area contributed by atoms with Gasteiger partial charge in [0.2, 0.25) is 0 Å². The SMILES string of the molecule is N#Cc1cc(N/C(=N/O)c2nonc2SCC[AsH]S(N)(=O)=O)ccc1F. The zero-order chi connectivity index (χ0) is 19.2. The fourth-order valence-corrected chi connectivity index (χ4v) is 6.99. The van der Waals surface area contributed by atoms with Crippen LogP contribution in [0.2, 0.25) is 5.21 Å². The van der Waals surface area contributed by atoms with Gasteiger partial charge in [-0.2, -0.15) is 0 Å². The molecule has 0 aliphatic rings. The number of halogens is 1.